The first-order chi connectivity index (χ1) is 7.84. The predicted molar refractivity (Wildman–Crippen MR) is 65.7 cm³/mol. The summed E-state index contributed by atoms with van der Waals surface area (Å²) in [6.07, 6.45) is 0. The molecular formula is C14H19FO2. The van der Waals surface area contributed by atoms with E-state index < -0.39 is 11.9 Å². The van der Waals surface area contributed by atoms with Gasteiger partial charge in [0, 0.05) is 0 Å². The van der Waals surface area contributed by atoms with Crippen molar-refractivity contribution in [1.82, 2.24) is 0 Å². The highest BCUT2D eigenvalue weighted by atomic mass is 19.1. The molecule has 17 heavy (non-hydrogen) atoms. The van der Waals surface area contributed by atoms with E-state index in [0.29, 0.717) is 11.1 Å². The fourth-order valence-corrected chi connectivity index (χ4v) is 2.02. The molecule has 0 aliphatic heterocycles. The number of benzene rings is 1. The minimum absolute atomic E-state index is 0.0585. The molecule has 0 aromatic heterocycles. The largest absolute Gasteiger partial charge is 0.481 e. The van der Waals surface area contributed by atoms with Crippen molar-refractivity contribution < 1.29 is 14.3 Å². The summed E-state index contributed by atoms with van der Waals surface area (Å²) in [7, 11) is 0. The van der Waals surface area contributed by atoms with Crippen LogP contribution in [-0.2, 0) is 4.79 Å². The SMILES string of the molecule is CC(C)c1ccc(C(C(=O)O)C(C)C)cc1F. The summed E-state index contributed by atoms with van der Waals surface area (Å²) in [6, 6.07) is 4.76. The van der Waals surface area contributed by atoms with Crippen LogP contribution in [0.4, 0.5) is 4.39 Å². The number of hydrogen-bond donors (Lipinski definition) is 1. The molecule has 3 heteroatoms. The normalized spacial score (nSPS) is 13.1. The van der Waals surface area contributed by atoms with Crippen LogP contribution < -0.4 is 0 Å². The second-order valence-corrected chi connectivity index (χ2v) is 5.00. The van der Waals surface area contributed by atoms with Crippen LogP contribution in [-0.4, -0.2) is 11.1 Å². The molecule has 0 heterocycles. The van der Waals surface area contributed by atoms with Crippen LogP contribution in [0.25, 0.3) is 0 Å². The quantitative estimate of drug-likeness (QED) is 0.866. The molecule has 1 aromatic rings. The van der Waals surface area contributed by atoms with Crippen LogP contribution >= 0.6 is 0 Å². The average molecular weight is 238 g/mol. The van der Waals surface area contributed by atoms with E-state index in [1.807, 2.05) is 27.7 Å². The third kappa shape index (κ3) is 3.05. The summed E-state index contributed by atoms with van der Waals surface area (Å²) < 4.78 is 13.8. The van der Waals surface area contributed by atoms with E-state index in [0.717, 1.165) is 0 Å². The van der Waals surface area contributed by atoms with Gasteiger partial charge in [0.05, 0.1) is 5.92 Å². The minimum atomic E-state index is -0.906. The zero-order chi connectivity index (χ0) is 13.2. The molecule has 1 rings (SSSR count). The lowest BCUT2D eigenvalue weighted by molar-refractivity contribution is -0.139. The summed E-state index contributed by atoms with van der Waals surface area (Å²) >= 11 is 0. The fraction of sp³-hybridized carbons (Fsp3) is 0.500. The first-order valence-corrected chi connectivity index (χ1v) is 5.86. The van der Waals surface area contributed by atoms with Gasteiger partial charge in [0.1, 0.15) is 5.82 Å². The zero-order valence-electron chi connectivity index (χ0n) is 10.7. The maximum atomic E-state index is 13.8. The highest BCUT2D eigenvalue weighted by Crippen LogP contribution is 2.28. The van der Waals surface area contributed by atoms with Gasteiger partial charge in [-0.1, -0.05) is 39.8 Å². The average Bonchev–Trinajstić information content (AvgIpc) is 2.15. The number of carbonyl (C=O) groups is 1. The van der Waals surface area contributed by atoms with Crippen molar-refractivity contribution in [2.75, 3.05) is 0 Å². The van der Waals surface area contributed by atoms with Crippen LogP contribution in [0.15, 0.2) is 18.2 Å². The van der Waals surface area contributed by atoms with Crippen LogP contribution in [0, 0.1) is 11.7 Å². The number of aliphatic carboxylic acids is 1. The van der Waals surface area contributed by atoms with Gasteiger partial charge in [-0.25, -0.2) is 4.39 Å². The Morgan fingerprint density at radius 2 is 1.82 bits per heavy atom. The van der Waals surface area contributed by atoms with E-state index in [1.165, 1.54) is 6.07 Å². The number of carboxylic acids is 1. The molecule has 0 aliphatic carbocycles. The molecule has 1 unspecified atom stereocenters. The van der Waals surface area contributed by atoms with E-state index in [-0.39, 0.29) is 17.7 Å². The van der Waals surface area contributed by atoms with Crippen LogP contribution in [0.3, 0.4) is 0 Å². The molecular weight excluding hydrogens is 219 g/mol. The molecule has 1 aromatic carbocycles. The van der Waals surface area contributed by atoms with Crippen molar-refractivity contribution >= 4 is 5.97 Å². The van der Waals surface area contributed by atoms with E-state index >= 15 is 0 Å². The molecule has 0 amide bonds. The van der Waals surface area contributed by atoms with E-state index in [4.69, 9.17) is 5.11 Å². The van der Waals surface area contributed by atoms with Crippen molar-refractivity contribution in [3.8, 4) is 0 Å². The first kappa shape index (κ1) is 13.7. The fourth-order valence-electron chi connectivity index (χ4n) is 2.02. The second-order valence-electron chi connectivity index (χ2n) is 5.00. The Kier molecular flexibility index (Phi) is 4.27. The second kappa shape index (κ2) is 5.30. The third-order valence-electron chi connectivity index (χ3n) is 2.94. The zero-order valence-corrected chi connectivity index (χ0v) is 10.7. The Labute approximate surface area is 101 Å². The van der Waals surface area contributed by atoms with Crippen molar-refractivity contribution in [3.05, 3.63) is 35.1 Å². The molecule has 0 spiro atoms. The first-order valence-electron chi connectivity index (χ1n) is 5.86. The smallest absolute Gasteiger partial charge is 0.311 e. The minimum Gasteiger partial charge on any atom is -0.481 e. The lowest BCUT2D eigenvalue weighted by Crippen LogP contribution is -2.17. The number of carboxylic acid groups (broad SMARTS) is 1. The van der Waals surface area contributed by atoms with Gasteiger partial charge in [-0.3, -0.25) is 4.79 Å². The molecule has 0 aliphatic rings. The summed E-state index contributed by atoms with van der Waals surface area (Å²) in [4.78, 5) is 11.1. The Bertz CT molecular complexity index is 411. The molecule has 94 valence electrons. The van der Waals surface area contributed by atoms with Crippen molar-refractivity contribution in [2.45, 2.75) is 39.5 Å². The van der Waals surface area contributed by atoms with Gasteiger partial charge in [0.2, 0.25) is 0 Å². The van der Waals surface area contributed by atoms with Crippen molar-refractivity contribution in [1.29, 1.82) is 0 Å². The van der Waals surface area contributed by atoms with E-state index in [1.54, 1.807) is 12.1 Å². The van der Waals surface area contributed by atoms with Gasteiger partial charge in [-0.05, 0) is 29.0 Å². The van der Waals surface area contributed by atoms with Gasteiger partial charge in [-0.15, -0.1) is 0 Å². The van der Waals surface area contributed by atoms with E-state index in [2.05, 4.69) is 0 Å². The predicted octanol–water partition coefficient (Wildman–Crippen LogP) is 3.77. The van der Waals surface area contributed by atoms with Crippen LogP contribution in [0.1, 0.15) is 50.7 Å². The Balaban J connectivity index is 3.15. The number of hydrogen-bond acceptors (Lipinski definition) is 1. The lowest BCUT2D eigenvalue weighted by atomic mass is 9.87. The Morgan fingerprint density at radius 3 is 2.18 bits per heavy atom. The molecule has 2 nitrogen and oxygen atoms in total. The highest BCUT2D eigenvalue weighted by molar-refractivity contribution is 5.76. The molecule has 0 saturated heterocycles. The third-order valence-corrected chi connectivity index (χ3v) is 2.94. The number of halogens is 1. The van der Waals surface area contributed by atoms with Gasteiger partial charge in [-0.2, -0.15) is 0 Å². The van der Waals surface area contributed by atoms with Crippen molar-refractivity contribution in [2.24, 2.45) is 5.92 Å². The number of rotatable bonds is 4. The van der Waals surface area contributed by atoms with Crippen LogP contribution in [0.2, 0.25) is 0 Å². The molecule has 0 fully saturated rings. The van der Waals surface area contributed by atoms with Gasteiger partial charge in [0.15, 0.2) is 0 Å². The van der Waals surface area contributed by atoms with Crippen molar-refractivity contribution in [3.63, 3.8) is 0 Å². The lowest BCUT2D eigenvalue weighted by Gasteiger charge is -2.18. The standard InChI is InChI=1S/C14H19FO2/c1-8(2)11-6-5-10(7-12(11)15)13(9(3)4)14(16)17/h5-9,13H,1-4H3,(H,16,17). The molecule has 1 N–H and O–H groups in total. The Hall–Kier alpha value is -1.38. The molecule has 0 saturated carbocycles. The highest BCUT2D eigenvalue weighted by Gasteiger charge is 2.24. The molecule has 1 atom stereocenters. The van der Waals surface area contributed by atoms with Gasteiger partial charge in [0.25, 0.3) is 0 Å². The summed E-state index contributed by atoms with van der Waals surface area (Å²) in [5, 5.41) is 9.14. The molecule has 0 bridgehead atoms. The summed E-state index contributed by atoms with van der Waals surface area (Å²) in [5.41, 5.74) is 1.16. The summed E-state index contributed by atoms with van der Waals surface area (Å²) in [5.74, 6) is -1.82. The van der Waals surface area contributed by atoms with Crippen LogP contribution in [0.5, 0.6) is 0 Å². The monoisotopic (exact) mass is 238 g/mol. The van der Waals surface area contributed by atoms with Gasteiger partial charge < -0.3 is 5.11 Å². The summed E-state index contributed by atoms with van der Waals surface area (Å²) in [6.45, 7) is 7.48. The maximum absolute atomic E-state index is 13.8. The van der Waals surface area contributed by atoms with Gasteiger partial charge >= 0.3 is 5.97 Å². The molecule has 0 radical (unpaired) electrons. The van der Waals surface area contributed by atoms with E-state index in [9.17, 15) is 9.18 Å². The Morgan fingerprint density at radius 1 is 1.24 bits per heavy atom. The topological polar surface area (TPSA) is 37.3 Å². The maximum Gasteiger partial charge on any atom is 0.311 e.